The Labute approximate surface area is 111 Å². The van der Waals surface area contributed by atoms with Crippen molar-refractivity contribution in [2.75, 3.05) is 11.5 Å². The molecule has 0 radical (unpaired) electrons. The maximum atomic E-state index is 10.7. The molecule has 0 fully saturated rings. The Bertz CT molecular complexity index is 592. The van der Waals surface area contributed by atoms with Gasteiger partial charge in [0.25, 0.3) is 0 Å². The van der Waals surface area contributed by atoms with Gasteiger partial charge in [0.2, 0.25) is 0 Å². The molecular weight excluding hydrogens is 300 g/mol. The van der Waals surface area contributed by atoms with Crippen molar-refractivity contribution in [1.82, 2.24) is 9.78 Å². The highest BCUT2D eigenvalue weighted by atomic mass is 79.9. The van der Waals surface area contributed by atoms with Crippen LogP contribution in [0.2, 0.25) is 0 Å². The molecule has 0 spiro atoms. The van der Waals surface area contributed by atoms with Gasteiger partial charge in [0.05, 0.1) is 12.1 Å². The minimum atomic E-state index is -0.997. The van der Waals surface area contributed by atoms with Gasteiger partial charge in [-0.05, 0) is 24.3 Å². The number of nitrogens with zero attached hydrogens (tertiary/aromatic N) is 2. The summed E-state index contributed by atoms with van der Waals surface area (Å²) >= 11 is 3.33. The van der Waals surface area contributed by atoms with Crippen molar-refractivity contribution in [2.45, 2.75) is 6.42 Å². The molecular formula is C11H11BrN4O2. The van der Waals surface area contributed by atoms with E-state index in [4.69, 9.17) is 16.6 Å². The number of anilines is 2. The zero-order valence-electron chi connectivity index (χ0n) is 9.30. The van der Waals surface area contributed by atoms with E-state index in [0.29, 0.717) is 5.56 Å². The third-order valence-corrected chi connectivity index (χ3v) is 2.98. The third kappa shape index (κ3) is 2.30. The summed E-state index contributed by atoms with van der Waals surface area (Å²) in [5, 5.41) is 12.8. The van der Waals surface area contributed by atoms with Crippen molar-refractivity contribution >= 4 is 33.5 Å². The third-order valence-electron chi connectivity index (χ3n) is 2.45. The topological polar surface area (TPSA) is 107 Å². The van der Waals surface area contributed by atoms with Gasteiger partial charge < -0.3 is 16.6 Å². The Morgan fingerprint density at radius 1 is 1.33 bits per heavy atom. The second kappa shape index (κ2) is 4.69. The van der Waals surface area contributed by atoms with Gasteiger partial charge in [0.1, 0.15) is 5.82 Å². The molecule has 0 saturated heterocycles. The fourth-order valence-corrected chi connectivity index (χ4v) is 1.86. The number of hydrogen-bond donors (Lipinski definition) is 3. The first kappa shape index (κ1) is 12.4. The molecule has 1 aromatic heterocycles. The Kier molecular flexibility index (Phi) is 3.24. The number of aliphatic carboxylic acids is 1. The van der Waals surface area contributed by atoms with Crippen molar-refractivity contribution in [2.24, 2.45) is 0 Å². The van der Waals surface area contributed by atoms with Crippen LogP contribution in [-0.4, -0.2) is 20.9 Å². The van der Waals surface area contributed by atoms with Gasteiger partial charge in [-0.25, -0.2) is 4.68 Å². The standard InChI is InChI=1S/C11H11BrN4O2/c12-6-1-3-7(4-2-6)16-11(14)8(5-9(17)18)10(13)15-16/h1-4H,5,14H2,(H2,13,15)(H,17,18). The average molecular weight is 311 g/mol. The summed E-state index contributed by atoms with van der Waals surface area (Å²) < 4.78 is 2.36. The molecule has 0 amide bonds. The van der Waals surface area contributed by atoms with E-state index in [-0.39, 0.29) is 18.1 Å². The number of benzene rings is 1. The van der Waals surface area contributed by atoms with Crippen LogP contribution in [0.15, 0.2) is 28.7 Å². The molecule has 1 aromatic carbocycles. The summed E-state index contributed by atoms with van der Waals surface area (Å²) in [5.41, 5.74) is 12.6. The minimum absolute atomic E-state index is 0.137. The second-order valence-corrected chi connectivity index (χ2v) is 4.62. The summed E-state index contributed by atoms with van der Waals surface area (Å²) in [4.78, 5) is 10.7. The number of halogens is 1. The van der Waals surface area contributed by atoms with Crippen molar-refractivity contribution in [3.63, 3.8) is 0 Å². The average Bonchev–Trinajstić information content (AvgIpc) is 2.58. The number of carboxylic acids is 1. The maximum Gasteiger partial charge on any atom is 0.308 e. The molecule has 18 heavy (non-hydrogen) atoms. The molecule has 0 saturated carbocycles. The van der Waals surface area contributed by atoms with Crippen LogP contribution >= 0.6 is 15.9 Å². The number of carbonyl (C=O) groups is 1. The van der Waals surface area contributed by atoms with Gasteiger partial charge in [-0.2, -0.15) is 0 Å². The van der Waals surface area contributed by atoms with Crippen LogP contribution in [0.1, 0.15) is 5.56 Å². The lowest BCUT2D eigenvalue weighted by molar-refractivity contribution is -0.136. The van der Waals surface area contributed by atoms with Crippen molar-refractivity contribution in [3.05, 3.63) is 34.3 Å². The number of hydrogen-bond acceptors (Lipinski definition) is 4. The molecule has 6 nitrogen and oxygen atoms in total. The Morgan fingerprint density at radius 2 is 1.94 bits per heavy atom. The molecule has 2 aromatic rings. The van der Waals surface area contributed by atoms with E-state index in [1.165, 1.54) is 4.68 Å². The highest BCUT2D eigenvalue weighted by molar-refractivity contribution is 9.10. The first-order valence-corrected chi connectivity index (χ1v) is 5.89. The normalized spacial score (nSPS) is 10.5. The van der Waals surface area contributed by atoms with Gasteiger partial charge in [-0.15, -0.1) is 5.10 Å². The Balaban J connectivity index is 2.46. The van der Waals surface area contributed by atoms with Crippen LogP contribution in [0.5, 0.6) is 0 Å². The van der Waals surface area contributed by atoms with Crippen molar-refractivity contribution in [1.29, 1.82) is 0 Å². The molecule has 0 atom stereocenters. The number of carboxylic acid groups (broad SMARTS) is 1. The molecule has 2 rings (SSSR count). The fourth-order valence-electron chi connectivity index (χ4n) is 1.59. The minimum Gasteiger partial charge on any atom is -0.481 e. The van der Waals surface area contributed by atoms with Gasteiger partial charge in [0, 0.05) is 10.0 Å². The fraction of sp³-hybridized carbons (Fsp3) is 0.0909. The molecule has 1 heterocycles. The zero-order chi connectivity index (χ0) is 13.3. The largest absolute Gasteiger partial charge is 0.481 e. The predicted molar refractivity (Wildman–Crippen MR) is 71.4 cm³/mol. The van der Waals surface area contributed by atoms with Crippen LogP contribution in [-0.2, 0) is 11.2 Å². The number of nitrogens with two attached hydrogens (primary N) is 2. The molecule has 7 heteroatoms. The van der Waals surface area contributed by atoms with Crippen LogP contribution in [0.3, 0.4) is 0 Å². The zero-order valence-corrected chi connectivity index (χ0v) is 10.9. The van der Waals surface area contributed by atoms with Gasteiger partial charge >= 0.3 is 5.97 Å². The summed E-state index contributed by atoms with van der Waals surface area (Å²) in [5.74, 6) is -0.612. The quantitative estimate of drug-likeness (QED) is 0.795. The smallest absolute Gasteiger partial charge is 0.308 e. The van der Waals surface area contributed by atoms with Gasteiger partial charge in [-0.1, -0.05) is 15.9 Å². The lowest BCUT2D eigenvalue weighted by atomic mass is 10.2. The van der Waals surface area contributed by atoms with E-state index in [1.54, 1.807) is 12.1 Å². The van der Waals surface area contributed by atoms with Crippen LogP contribution in [0, 0.1) is 0 Å². The van der Waals surface area contributed by atoms with E-state index in [1.807, 2.05) is 12.1 Å². The number of nitrogen functional groups attached to an aromatic ring is 2. The van der Waals surface area contributed by atoms with E-state index in [2.05, 4.69) is 21.0 Å². The lowest BCUT2D eigenvalue weighted by Gasteiger charge is -2.04. The molecule has 0 aliphatic carbocycles. The number of rotatable bonds is 3. The van der Waals surface area contributed by atoms with E-state index in [9.17, 15) is 4.79 Å². The molecule has 0 aliphatic rings. The van der Waals surface area contributed by atoms with Gasteiger partial charge in [0.15, 0.2) is 5.82 Å². The van der Waals surface area contributed by atoms with E-state index in [0.717, 1.165) is 10.2 Å². The summed E-state index contributed by atoms with van der Waals surface area (Å²) in [6.45, 7) is 0. The Morgan fingerprint density at radius 3 is 2.50 bits per heavy atom. The van der Waals surface area contributed by atoms with Crippen molar-refractivity contribution < 1.29 is 9.90 Å². The second-order valence-electron chi connectivity index (χ2n) is 3.71. The molecule has 94 valence electrons. The summed E-state index contributed by atoms with van der Waals surface area (Å²) in [6, 6.07) is 7.28. The van der Waals surface area contributed by atoms with E-state index < -0.39 is 5.97 Å². The maximum absolute atomic E-state index is 10.7. The Hall–Kier alpha value is -2.02. The van der Waals surface area contributed by atoms with E-state index >= 15 is 0 Å². The summed E-state index contributed by atoms with van der Waals surface area (Å²) in [6.07, 6.45) is -0.242. The van der Waals surface area contributed by atoms with Gasteiger partial charge in [-0.3, -0.25) is 4.79 Å². The first-order chi connectivity index (χ1) is 8.49. The van der Waals surface area contributed by atoms with Crippen LogP contribution < -0.4 is 11.5 Å². The van der Waals surface area contributed by atoms with Crippen LogP contribution in [0.4, 0.5) is 11.6 Å². The molecule has 0 aliphatic heterocycles. The van der Waals surface area contributed by atoms with Crippen LogP contribution in [0.25, 0.3) is 5.69 Å². The highest BCUT2D eigenvalue weighted by Crippen LogP contribution is 2.24. The molecule has 0 unspecified atom stereocenters. The highest BCUT2D eigenvalue weighted by Gasteiger charge is 2.16. The van der Waals surface area contributed by atoms with Crippen molar-refractivity contribution in [3.8, 4) is 5.69 Å². The lowest BCUT2D eigenvalue weighted by Crippen LogP contribution is -2.06. The molecule has 5 N–H and O–H groups in total. The monoisotopic (exact) mass is 310 g/mol. The predicted octanol–water partition coefficient (Wildman–Crippen LogP) is 1.43. The number of aromatic nitrogens is 2. The first-order valence-electron chi connectivity index (χ1n) is 5.09. The summed E-state index contributed by atoms with van der Waals surface area (Å²) in [7, 11) is 0. The SMILES string of the molecule is Nc1nn(-c2ccc(Br)cc2)c(N)c1CC(=O)O. The molecule has 0 bridgehead atoms.